The monoisotopic (exact) mass is 261 g/mol. The molecule has 2 heteroatoms. The van der Waals surface area contributed by atoms with Gasteiger partial charge in [0.2, 0.25) is 0 Å². The lowest BCUT2D eigenvalue weighted by atomic mass is 10.2. The van der Waals surface area contributed by atoms with Crippen LogP contribution in [0.2, 0.25) is 0 Å². The normalized spacial score (nSPS) is 8.58. The molecule has 0 aliphatic carbocycles. The molecule has 0 saturated carbocycles. The highest BCUT2D eigenvalue weighted by atomic mass is 16.1. The van der Waals surface area contributed by atoms with Crippen LogP contribution in [-0.2, 0) is 0 Å². The van der Waals surface area contributed by atoms with Gasteiger partial charge in [-0.1, -0.05) is 51.6 Å². The van der Waals surface area contributed by atoms with Gasteiger partial charge >= 0.3 is 0 Å². The molecule has 0 heterocycles. The van der Waals surface area contributed by atoms with Gasteiger partial charge in [-0.3, -0.25) is 4.79 Å². The summed E-state index contributed by atoms with van der Waals surface area (Å²) in [6.07, 6.45) is 4.69. The SMILES string of the molecule is C=C.C=C(/C=C\CC)NC(=O)c1ccccc1.CC.[HH]. The molecular formula is C17H27NO. The van der Waals surface area contributed by atoms with Gasteiger partial charge in [0.1, 0.15) is 0 Å². The van der Waals surface area contributed by atoms with Crippen molar-refractivity contribution in [1.29, 1.82) is 0 Å². The first-order valence-electron chi connectivity index (χ1n) is 6.46. The van der Waals surface area contributed by atoms with Gasteiger partial charge in [-0.05, 0) is 24.6 Å². The summed E-state index contributed by atoms with van der Waals surface area (Å²) in [5.41, 5.74) is 1.26. The zero-order valence-electron chi connectivity index (χ0n) is 12.3. The Morgan fingerprint density at radius 3 is 2.26 bits per heavy atom. The van der Waals surface area contributed by atoms with Gasteiger partial charge in [0.05, 0.1) is 0 Å². The summed E-state index contributed by atoms with van der Waals surface area (Å²) >= 11 is 0. The maximum absolute atomic E-state index is 11.6. The fourth-order valence-corrected chi connectivity index (χ4v) is 1.11. The lowest BCUT2D eigenvalue weighted by Crippen LogP contribution is -2.20. The fourth-order valence-electron chi connectivity index (χ4n) is 1.11. The van der Waals surface area contributed by atoms with E-state index in [9.17, 15) is 4.79 Å². The van der Waals surface area contributed by atoms with Crippen molar-refractivity contribution in [3.8, 4) is 0 Å². The standard InChI is InChI=1S/C13H15NO.C2H6.C2H4.H2/c1-3-4-8-11(2)14-13(15)12-9-6-5-7-10-12;2*1-2;/h4-10H,2-3H2,1H3,(H,14,15);1-2H3;1-2H2;1H/b8-4-;;;. The zero-order chi connectivity index (χ0) is 15.1. The van der Waals surface area contributed by atoms with Crippen molar-refractivity contribution in [2.45, 2.75) is 27.2 Å². The van der Waals surface area contributed by atoms with Crippen molar-refractivity contribution in [3.05, 3.63) is 73.5 Å². The molecule has 0 unspecified atom stereocenters. The maximum atomic E-state index is 11.6. The lowest BCUT2D eigenvalue weighted by Gasteiger charge is -2.03. The first kappa shape index (κ1) is 19.3. The van der Waals surface area contributed by atoms with Crippen LogP contribution in [0.1, 0.15) is 39.0 Å². The molecule has 1 amide bonds. The second-order valence-electron chi connectivity index (χ2n) is 3.16. The van der Waals surface area contributed by atoms with Crippen LogP contribution in [0, 0.1) is 0 Å². The van der Waals surface area contributed by atoms with Crippen LogP contribution >= 0.6 is 0 Å². The van der Waals surface area contributed by atoms with Crippen molar-refractivity contribution in [2.75, 3.05) is 0 Å². The van der Waals surface area contributed by atoms with Gasteiger partial charge in [-0.2, -0.15) is 0 Å². The van der Waals surface area contributed by atoms with Gasteiger partial charge in [0.15, 0.2) is 0 Å². The predicted octanol–water partition coefficient (Wildman–Crippen LogP) is 4.97. The molecule has 0 atom stereocenters. The summed E-state index contributed by atoms with van der Waals surface area (Å²) < 4.78 is 0. The molecule has 0 aliphatic heterocycles. The Morgan fingerprint density at radius 2 is 1.79 bits per heavy atom. The topological polar surface area (TPSA) is 29.1 Å². The van der Waals surface area contributed by atoms with Crippen LogP contribution in [0.15, 0.2) is 67.9 Å². The van der Waals surface area contributed by atoms with Crippen molar-refractivity contribution >= 4 is 5.91 Å². The van der Waals surface area contributed by atoms with E-state index in [-0.39, 0.29) is 7.33 Å². The smallest absolute Gasteiger partial charge is 0.255 e. The molecular weight excluding hydrogens is 234 g/mol. The third-order valence-electron chi connectivity index (χ3n) is 1.86. The molecule has 0 bridgehead atoms. The van der Waals surface area contributed by atoms with E-state index < -0.39 is 0 Å². The quantitative estimate of drug-likeness (QED) is 0.601. The van der Waals surface area contributed by atoms with Gasteiger partial charge < -0.3 is 5.32 Å². The summed E-state index contributed by atoms with van der Waals surface area (Å²) in [4.78, 5) is 11.6. The number of allylic oxidation sites excluding steroid dienone is 2. The Labute approximate surface area is 119 Å². The van der Waals surface area contributed by atoms with Crippen molar-refractivity contribution in [3.63, 3.8) is 0 Å². The van der Waals surface area contributed by atoms with Crippen molar-refractivity contribution < 1.29 is 6.22 Å². The Balaban J connectivity index is -0.000000529. The number of carbonyl (C=O) groups is 1. The van der Waals surface area contributed by atoms with E-state index in [1.807, 2.05) is 45.0 Å². The average molecular weight is 261 g/mol. The van der Waals surface area contributed by atoms with E-state index in [2.05, 4.69) is 25.1 Å². The number of hydrogen-bond acceptors (Lipinski definition) is 1. The third kappa shape index (κ3) is 9.60. The minimum Gasteiger partial charge on any atom is -0.323 e. The van der Waals surface area contributed by atoms with E-state index in [0.717, 1.165) is 6.42 Å². The second kappa shape index (κ2) is 14.0. The van der Waals surface area contributed by atoms with Gasteiger partial charge in [0.25, 0.3) is 5.91 Å². The molecule has 0 aliphatic rings. The van der Waals surface area contributed by atoms with E-state index in [1.54, 1.807) is 18.2 Å². The van der Waals surface area contributed by atoms with Crippen molar-refractivity contribution in [1.82, 2.24) is 5.32 Å². The molecule has 1 aromatic rings. The highest BCUT2D eigenvalue weighted by Crippen LogP contribution is 2.00. The summed E-state index contributed by atoms with van der Waals surface area (Å²) in [5.74, 6) is -0.124. The molecule has 0 fully saturated rings. The summed E-state index contributed by atoms with van der Waals surface area (Å²) in [7, 11) is 0. The molecule has 106 valence electrons. The third-order valence-corrected chi connectivity index (χ3v) is 1.86. The summed E-state index contributed by atoms with van der Waals surface area (Å²) in [6, 6.07) is 9.08. The lowest BCUT2D eigenvalue weighted by molar-refractivity contribution is 0.0967. The zero-order valence-corrected chi connectivity index (χ0v) is 12.3. The van der Waals surface area contributed by atoms with Crippen LogP contribution in [0.25, 0.3) is 0 Å². The number of rotatable bonds is 4. The molecule has 1 aromatic carbocycles. The van der Waals surface area contributed by atoms with Gasteiger partial charge in [0, 0.05) is 12.7 Å². The average Bonchev–Trinajstić information content (AvgIpc) is 2.50. The van der Waals surface area contributed by atoms with Crippen LogP contribution in [0.5, 0.6) is 0 Å². The highest BCUT2D eigenvalue weighted by molar-refractivity contribution is 5.95. The largest absolute Gasteiger partial charge is 0.323 e. The Bertz CT molecular complexity index is 385. The van der Waals surface area contributed by atoms with E-state index >= 15 is 0 Å². The second-order valence-corrected chi connectivity index (χ2v) is 3.16. The molecule has 0 saturated heterocycles. The minimum atomic E-state index is -0.124. The van der Waals surface area contributed by atoms with Crippen LogP contribution in [0.4, 0.5) is 0 Å². The Hall–Kier alpha value is -2.09. The van der Waals surface area contributed by atoms with E-state index in [1.165, 1.54) is 0 Å². The summed E-state index contributed by atoms with van der Waals surface area (Å²) in [6.45, 7) is 15.8. The number of hydrogen-bond donors (Lipinski definition) is 1. The van der Waals surface area contributed by atoms with E-state index in [0.29, 0.717) is 11.3 Å². The molecule has 1 rings (SSSR count). The molecule has 0 radical (unpaired) electrons. The molecule has 0 aromatic heterocycles. The predicted molar refractivity (Wildman–Crippen MR) is 87.2 cm³/mol. The van der Waals surface area contributed by atoms with Crippen LogP contribution in [0.3, 0.4) is 0 Å². The Morgan fingerprint density at radius 1 is 1.26 bits per heavy atom. The molecule has 2 nitrogen and oxygen atoms in total. The van der Waals surface area contributed by atoms with E-state index in [4.69, 9.17) is 0 Å². The first-order valence-corrected chi connectivity index (χ1v) is 6.46. The maximum Gasteiger partial charge on any atom is 0.255 e. The molecule has 1 N–H and O–H groups in total. The molecule has 0 spiro atoms. The molecule has 19 heavy (non-hydrogen) atoms. The van der Waals surface area contributed by atoms with Gasteiger partial charge in [-0.15, -0.1) is 13.2 Å². The number of benzene rings is 1. The Kier molecular flexibility index (Phi) is 14.2. The van der Waals surface area contributed by atoms with Crippen LogP contribution in [-0.4, -0.2) is 5.91 Å². The highest BCUT2D eigenvalue weighted by Gasteiger charge is 2.03. The van der Waals surface area contributed by atoms with Crippen molar-refractivity contribution in [2.24, 2.45) is 0 Å². The number of amides is 1. The number of carbonyl (C=O) groups excluding carboxylic acids is 1. The van der Waals surface area contributed by atoms with Crippen LogP contribution < -0.4 is 5.32 Å². The fraction of sp³-hybridized carbons (Fsp3) is 0.235. The summed E-state index contributed by atoms with van der Waals surface area (Å²) in [5, 5.41) is 2.71. The minimum absolute atomic E-state index is 0. The first-order chi connectivity index (χ1) is 9.24. The number of nitrogens with one attached hydrogen (secondary N) is 1. The van der Waals surface area contributed by atoms with Gasteiger partial charge in [-0.25, -0.2) is 0 Å².